The van der Waals surface area contributed by atoms with Gasteiger partial charge < -0.3 is 4.74 Å². The van der Waals surface area contributed by atoms with Crippen molar-refractivity contribution in [1.82, 2.24) is 9.97 Å². The molecule has 0 unspecified atom stereocenters. The van der Waals surface area contributed by atoms with Crippen molar-refractivity contribution in [1.29, 1.82) is 0 Å². The second-order valence-corrected chi connectivity index (χ2v) is 7.15. The zero-order valence-electron chi connectivity index (χ0n) is 17.4. The van der Waals surface area contributed by atoms with Crippen LogP contribution in [0.25, 0.3) is 17.1 Å². The van der Waals surface area contributed by atoms with Crippen molar-refractivity contribution in [2.24, 2.45) is 0 Å². The van der Waals surface area contributed by atoms with Crippen molar-refractivity contribution in [3.63, 3.8) is 0 Å². The van der Waals surface area contributed by atoms with Gasteiger partial charge in [-0.2, -0.15) is 0 Å². The number of ketones is 1. The number of esters is 1. The lowest BCUT2D eigenvalue weighted by atomic mass is 9.88. The fourth-order valence-corrected chi connectivity index (χ4v) is 3.38. The van der Waals surface area contributed by atoms with Gasteiger partial charge in [0.1, 0.15) is 0 Å². The van der Waals surface area contributed by atoms with Crippen LogP contribution in [0.4, 0.5) is 0 Å². The quantitative estimate of drug-likeness (QED) is 0.363. The van der Waals surface area contributed by atoms with E-state index in [1.54, 1.807) is 6.20 Å². The summed E-state index contributed by atoms with van der Waals surface area (Å²) in [6.45, 7) is 9.64. The van der Waals surface area contributed by atoms with Crippen LogP contribution >= 0.6 is 0 Å². The minimum atomic E-state index is -0.593. The Kier molecular flexibility index (Phi) is 5.87. The molecule has 3 aromatic rings. The number of nitrogens with zero attached hydrogens (tertiary/aromatic N) is 2. The molecule has 0 radical (unpaired) electrons. The third-order valence-corrected chi connectivity index (χ3v) is 5.48. The summed E-state index contributed by atoms with van der Waals surface area (Å²) in [6, 6.07) is 7.49. The Morgan fingerprint density at radius 3 is 2.14 bits per heavy atom. The van der Waals surface area contributed by atoms with E-state index in [-0.39, 0.29) is 12.4 Å². The maximum Gasteiger partial charge on any atom is 0.331 e. The van der Waals surface area contributed by atoms with Crippen LogP contribution in [-0.4, -0.2) is 28.3 Å². The first-order valence-electron chi connectivity index (χ1n) is 9.46. The number of hydrogen-bond acceptors (Lipinski definition) is 5. The minimum absolute atomic E-state index is 0.196. The number of aromatic nitrogens is 2. The van der Waals surface area contributed by atoms with E-state index in [1.165, 1.54) is 17.7 Å². The van der Waals surface area contributed by atoms with Gasteiger partial charge in [-0.1, -0.05) is 12.1 Å². The van der Waals surface area contributed by atoms with Gasteiger partial charge in [-0.15, -0.1) is 0 Å². The number of hydrogen-bond donors (Lipinski definition) is 0. The van der Waals surface area contributed by atoms with E-state index in [2.05, 4.69) is 16.9 Å². The summed E-state index contributed by atoms with van der Waals surface area (Å²) in [5.41, 5.74) is 7.97. The van der Waals surface area contributed by atoms with Gasteiger partial charge in [-0.05, 0) is 80.6 Å². The summed E-state index contributed by atoms with van der Waals surface area (Å²) in [6.07, 6.45) is 4.38. The van der Waals surface area contributed by atoms with Crippen molar-refractivity contribution >= 4 is 28.9 Å². The minimum Gasteiger partial charge on any atom is -0.454 e. The fraction of sp³-hybridized carbons (Fsp3) is 0.250. The lowest BCUT2D eigenvalue weighted by Gasteiger charge is -2.17. The van der Waals surface area contributed by atoms with E-state index in [9.17, 15) is 9.59 Å². The fourth-order valence-electron chi connectivity index (χ4n) is 3.38. The van der Waals surface area contributed by atoms with Crippen molar-refractivity contribution in [3.05, 3.63) is 75.6 Å². The average molecular weight is 388 g/mol. The zero-order chi connectivity index (χ0) is 21.1. The first kappa shape index (κ1) is 20.4. The van der Waals surface area contributed by atoms with Gasteiger partial charge in [0, 0.05) is 11.6 Å². The highest BCUT2D eigenvalue weighted by Crippen LogP contribution is 2.26. The second kappa shape index (κ2) is 8.35. The Morgan fingerprint density at radius 2 is 1.48 bits per heavy atom. The molecule has 0 N–H and O–H groups in total. The molecule has 0 spiro atoms. The molecule has 0 atom stereocenters. The summed E-state index contributed by atoms with van der Waals surface area (Å²) in [7, 11) is 0. The van der Waals surface area contributed by atoms with E-state index < -0.39 is 5.97 Å². The van der Waals surface area contributed by atoms with Crippen LogP contribution in [0.15, 0.2) is 36.5 Å². The molecule has 0 bridgehead atoms. The van der Waals surface area contributed by atoms with E-state index in [4.69, 9.17) is 4.74 Å². The molecule has 5 heteroatoms. The number of benzene rings is 2. The average Bonchev–Trinajstić information content (AvgIpc) is 2.73. The molecule has 29 heavy (non-hydrogen) atoms. The highest BCUT2D eigenvalue weighted by molar-refractivity contribution is 6.02. The van der Waals surface area contributed by atoms with E-state index in [1.807, 2.05) is 52.0 Å². The van der Waals surface area contributed by atoms with Gasteiger partial charge in [0.2, 0.25) is 5.78 Å². The van der Waals surface area contributed by atoms with Gasteiger partial charge in [-0.25, -0.2) is 9.78 Å². The molecule has 0 amide bonds. The van der Waals surface area contributed by atoms with Crippen molar-refractivity contribution in [2.75, 3.05) is 6.61 Å². The van der Waals surface area contributed by atoms with Crippen LogP contribution in [0.5, 0.6) is 0 Å². The van der Waals surface area contributed by atoms with Crippen LogP contribution in [0, 0.1) is 34.6 Å². The summed E-state index contributed by atoms with van der Waals surface area (Å²) in [4.78, 5) is 33.5. The molecule has 0 aliphatic heterocycles. The largest absolute Gasteiger partial charge is 0.454 e. The third-order valence-electron chi connectivity index (χ3n) is 5.48. The predicted molar refractivity (Wildman–Crippen MR) is 114 cm³/mol. The summed E-state index contributed by atoms with van der Waals surface area (Å²) in [5.74, 6) is -0.789. The summed E-state index contributed by atoms with van der Waals surface area (Å²) < 4.78 is 5.16. The van der Waals surface area contributed by atoms with Crippen molar-refractivity contribution < 1.29 is 14.3 Å². The third kappa shape index (κ3) is 4.24. The molecule has 0 saturated heterocycles. The maximum absolute atomic E-state index is 12.7. The topological polar surface area (TPSA) is 69.2 Å². The number of carbonyl (C=O) groups is 2. The number of fused-ring (bicyclic) bond motifs is 1. The van der Waals surface area contributed by atoms with Crippen LogP contribution in [-0.2, 0) is 9.53 Å². The molecule has 2 aromatic carbocycles. The smallest absolute Gasteiger partial charge is 0.331 e. The van der Waals surface area contributed by atoms with Crippen LogP contribution < -0.4 is 0 Å². The molecule has 5 nitrogen and oxygen atoms in total. The van der Waals surface area contributed by atoms with Crippen LogP contribution in [0.2, 0.25) is 0 Å². The second-order valence-electron chi connectivity index (χ2n) is 7.15. The molecule has 0 aliphatic rings. The molecule has 148 valence electrons. The molecule has 0 saturated carbocycles. The number of carbonyl (C=O) groups excluding carboxylic acids is 2. The molecule has 0 aliphatic carbocycles. The van der Waals surface area contributed by atoms with Gasteiger partial charge >= 0.3 is 5.97 Å². The number of rotatable bonds is 5. The zero-order valence-corrected chi connectivity index (χ0v) is 17.4. The monoisotopic (exact) mass is 388 g/mol. The van der Waals surface area contributed by atoms with E-state index in [0.717, 1.165) is 33.3 Å². The number of ether oxygens (including phenoxy) is 1. The molecular weight excluding hydrogens is 364 g/mol. The standard InChI is InChI=1S/C24H24N2O3/c1-14-15(2)17(4)24(18(5)16(14)3)22(27)13-29-23(28)11-10-19-12-25-20-8-6-7-9-21(20)26-19/h6-12H,13H2,1-5H3/b11-10+. The van der Waals surface area contributed by atoms with E-state index >= 15 is 0 Å². The Hall–Kier alpha value is -3.34. The van der Waals surface area contributed by atoms with Crippen molar-refractivity contribution in [3.8, 4) is 0 Å². The predicted octanol–water partition coefficient (Wildman–Crippen LogP) is 4.61. The van der Waals surface area contributed by atoms with Crippen LogP contribution in [0.1, 0.15) is 43.9 Å². The highest BCUT2D eigenvalue weighted by atomic mass is 16.5. The van der Waals surface area contributed by atoms with Gasteiger partial charge in [0.15, 0.2) is 6.61 Å². The Labute approximate surface area is 170 Å². The van der Waals surface area contributed by atoms with E-state index in [0.29, 0.717) is 11.3 Å². The molecule has 3 rings (SSSR count). The summed E-state index contributed by atoms with van der Waals surface area (Å²) >= 11 is 0. The Balaban J connectivity index is 1.69. The lowest BCUT2D eigenvalue weighted by Crippen LogP contribution is -2.16. The first-order valence-corrected chi connectivity index (χ1v) is 9.46. The summed E-state index contributed by atoms with van der Waals surface area (Å²) in [5, 5.41) is 0. The Morgan fingerprint density at radius 1 is 0.897 bits per heavy atom. The normalized spacial score (nSPS) is 11.2. The van der Waals surface area contributed by atoms with Crippen LogP contribution in [0.3, 0.4) is 0 Å². The number of para-hydroxylation sites is 2. The maximum atomic E-state index is 12.7. The van der Waals surface area contributed by atoms with Gasteiger partial charge in [0.05, 0.1) is 22.9 Å². The van der Waals surface area contributed by atoms with Crippen molar-refractivity contribution in [2.45, 2.75) is 34.6 Å². The SMILES string of the molecule is Cc1c(C)c(C)c(C(=O)COC(=O)/C=C/c2cnc3ccccc3n2)c(C)c1C. The first-order chi connectivity index (χ1) is 13.8. The highest BCUT2D eigenvalue weighted by Gasteiger charge is 2.19. The Bertz CT molecular complexity index is 1120. The molecule has 0 fully saturated rings. The molecular formula is C24H24N2O3. The number of Topliss-reactive ketones (excluding diaryl/α,β-unsaturated/α-hetero) is 1. The lowest BCUT2D eigenvalue weighted by molar-refractivity contribution is -0.136. The van der Waals surface area contributed by atoms with Gasteiger partial charge in [0.25, 0.3) is 0 Å². The van der Waals surface area contributed by atoms with Gasteiger partial charge in [-0.3, -0.25) is 9.78 Å². The molecule has 1 aromatic heterocycles. The molecule has 1 heterocycles.